The van der Waals surface area contributed by atoms with Gasteiger partial charge in [-0.05, 0) is 0 Å². The molecule has 0 spiro atoms. The van der Waals surface area contributed by atoms with Crippen LogP contribution in [0.2, 0.25) is 0 Å². The first kappa shape index (κ1) is 8.93. The van der Waals surface area contributed by atoms with Crippen molar-refractivity contribution in [1.29, 1.82) is 0 Å². The number of nitrogens with zero attached hydrogens (tertiary/aromatic N) is 1. The van der Waals surface area contributed by atoms with Gasteiger partial charge < -0.3 is 15.2 Å². The lowest BCUT2D eigenvalue weighted by Gasteiger charge is -2.47. The molecule has 0 aliphatic carbocycles. The van der Waals surface area contributed by atoms with Crippen molar-refractivity contribution in [2.24, 2.45) is 5.73 Å². The summed E-state index contributed by atoms with van der Waals surface area (Å²) in [5.41, 5.74) is 5.39. The van der Waals surface area contributed by atoms with Crippen LogP contribution in [-0.4, -0.2) is 51.1 Å². The lowest BCUT2D eigenvalue weighted by atomic mass is 10.1. The fourth-order valence-electron chi connectivity index (χ4n) is 1.32. The Kier molecular flexibility index (Phi) is 2.84. The van der Waals surface area contributed by atoms with Gasteiger partial charge in [0, 0.05) is 27.3 Å². The van der Waals surface area contributed by atoms with Gasteiger partial charge in [0.2, 0.25) is 0 Å². The largest absolute Gasteiger partial charge is 0.351 e. The van der Waals surface area contributed by atoms with E-state index in [1.54, 1.807) is 14.2 Å². The molecule has 0 radical (unpaired) electrons. The molecule has 1 aliphatic rings. The highest BCUT2D eigenvalue weighted by atomic mass is 16.7. The number of methoxy groups -OCH3 is 2. The van der Waals surface area contributed by atoms with Crippen molar-refractivity contribution in [2.45, 2.75) is 5.79 Å². The van der Waals surface area contributed by atoms with Gasteiger partial charge in [-0.2, -0.15) is 0 Å². The maximum atomic E-state index is 5.39. The summed E-state index contributed by atoms with van der Waals surface area (Å²) in [5, 5.41) is 0. The van der Waals surface area contributed by atoms with Crippen LogP contribution in [0.3, 0.4) is 0 Å². The van der Waals surface area contributed by atoms with Gasteiger partial charge in [-0.15, -0.1) is 0 Å². The molecule has 0 bridgehead atoms. The molecule has 66 valence electrons. The van der Waals surface area contributed by atoms with Crippen molar-refractivity contribution in [3.63, 3.8) is 0 Å². The van der Waals surface area contributed by atoms with Crippen LogP contribution in [-0.2, 0) is 9.47 Å². The Morgan fingerprint density at radius 1 is 1.36 bits per heavy atom. The van der Waals surface area contributed by atoms with Gasteiger partial charge >= 0.3 is 0 Å². The molecule has 0 atom stereocenters. The summed E-state index contributed by atoms with van der Waals surface area (Å²) in [4.78, 5) is 2.20. The van der Waals surface area contributed by atoms with Gasteiger partial charge in [0.25, 0.3) is 0 Å². The third-order valence-electron chi connectivity index (χ3n) is 2.12. The van der Waals surface area contributed by atoms with Crippen LogP contribution in [0, 0.1) is 0 Å². The lowest BCUT2D eigenvalue weighted by molar-refractivity contribution is -0.274. The van der Waals surface area contributed by atoms with Gasteiger partial charge in [-0.3, -0.25) is 4.90 Å². The van der Waals surface area contributed by atoms with Crippen LogP contribution in [0.25, 0.3) is 0 Å². The van der Waals surface area contributed by atoms with Crippen LogP contribution in [0.4, 0.5) is 0 Å². The molecule has 4 heteroatoms. The molecule has 1 fully saturated rings. The molecule has 1 saturated heterocycles. The molecule has 0 saturated carbocycles. The maximum absolute atomic E-state index is 5.39. The Balaban J connectivity index is 2.24. The summed E-state index contributed by atoms with van der Waals surface area (Å²) in [6.07, 6.45) is 0. The molecule has 1 aliphatic heterocycles. The quantitative estimate of drug-likeness (QED) is 0.550. The molecule has 0 aromatic rings. The standard InChI is InChI=1S/C7H16N2O2/c1-10-7(11-2)5-9(6-7)4-3-8/h3-6,8H2,1-2H3. The smallest absolute Gasteiger partial charge is 0.193 e. The number of likely N-dealkylation sites (tertiary alicyclic amines) is 1. The van der Waals surface area contributed by atoms with Crippen LogP contribution in [0.15, 0.2) is 0 Å². The second kappa shape index (κ2) is 3.49. The predicted octanol–water partition coefficient (Wildman–Crippen LogP) is -0.750. The molecular weight excluding hydrogens is 144 g/mol. The second-order valence-corrected chi connectivity index (χ2v) is 2.82. The molecule has 1 rings (SSSR count). The van der Waals surface area contributed by atoms with Crippen LogP contribution < -0.4 is 5.73 Å². The fraction of sp³-hybridized carbons (Fsp3) is 1.00. The van der Waals surface area contributed by atoms with Gasteiger partial charge in [0.1, 0.15) is 0 Å². The van der Waals surface area contributed by atoms with Crippen molar-refractivity contribution in [1.82, 2.24) is 4.90 Å². The first-order valence-corrected chi connectivity index (χ1v) is 3.79. The first-order valence-electron chi connectivity index (χ1n) is 3.79. The minimum absolute atomic E-state index is 0.352. The SMILES string of the molecule is COC1(OC)CN(CCN)C1. The maximum Gasteiger partial charge on any atom is 0.193 e. The third-order valence-corrected chi connectivity index (χ3v) is 2.12. The molecule has 0 unspecified atom stereocenters. The highest BCUT2D eigenvalue weighted by Crippen LogP contribution is 2.24. The van der Waals surface area contributed by atoms with E-state index in [2.05, 4.69) is 4.90 Å². The first-order chi connectivity index (χ1) is 5.26. The predicted molar refractivity (Wildman–Crippen MR) is 42.2 cm³/mol. The van der Waals surface area contributed by atoms with E-state index in [0.29, 0.717) is 6.54 Å². The average Bonchev–Trinajstić information content (AvgIpc) is 1.96. The number of rotatable bonds is 4. The zero-order chi connectivity index (χ0) is 8.32. The van der Waals surface area contributed by atoms with E-state index in [9.17, 15) is 0 Å². The minimum atomic E-state index is -0.352. The summed E-state index contributed by atoms with van der Waals surface area (Å²) < 4.78 is 10.4. The summed E-state index contributed by atoms with van der Waals surface area (Å²) in [6.45, 7) is 3.28. The monoisotopic (exact) mass is 160 g/mol. The zero-order valence-electron chi connectivity index (χ0n) is 7.17. The van der Waals surface area contributed by atoms with Crippen LogP contribution in [0.1, 0.15) is 0 Å². The second-order valence-electron chi connectivity index (χ2n) is 2.82. The minimum Gasteiger partial charge on any atom is -0.351 e. The number of ether oxygens (including phenoxy) is 2. The molecule has 0 aromatic carbocycles. The Morgan fingerprint density at radius 2 is 1.91 bits per heavy atom. The van der Waals surface area contributed by atoms with E-state index in [1.165, 1.54) is 0 Å². The van der Waals surface area contributed by atoms with E-state index in [0.717, 1.165) is 19.6 Å². The van der Waals surface area contributed by atoms with E-state index in [4.69, 9.17) is 15.2 Å². The molecule has 4 nitrogen and oxygen atoms in total. The Hall–Kier alpha value is -0.160. The number of hydrogen-bond acceptors (Lipinski definition) is 4. The topological polar surface area (TPSA) is 47.7 Å². The van der Waals surface area contributed by atoms with E-state index in [-0.39, 0.29) is 5.79 Å². The highest BCUT2D eigenvalue weighted by molar-refractivity contribution is 4.88. The molecule has 2 N–H and O–H groups in total. The van der Waals surface area contributed by atoms with Crippen molar-refractivity contribution >= 4 is 0 Å². The Morgan fingerprint density at radius 3 is 2.27 bits per heavy atom. The average molecular weight is 160 g/mol. The van der Waals surface area contributed by atoms with E-state index in [1.807, 2.05) is 0 Å². The summed E-state index contributed by atoms with van der Waals surface area (Å²) in [5.74, 6) is -0.352. The molecule has 0 amide bonds. The highest BCUT2D eigenvalue weighted by Gasteiger charge is 2.42. The van der Waals surface area contributed by atoms with E-state index >= 15 is 0 Å². The van der Waals surface area contributed by atoms with Gasteiger partial charge in [0.15, 0.2) is 5.79 Å². The summed E-state index contributed by atoms with van der Waals surface area (Å²) >= 11 is 0. The fourth-order valence-corrected chi connectivity index (χ4v) is 1.32. The molecule has 0 aromatic heterocycles. The van der Waals surface area contributed by atoms with Crippen molar-refractivity contribution < 1.29 is 9.47 Å². The van der Waals surface area contributed by atoms with Crippen LogP contribution in [0.5, 0.6) is 0 Å². The third kappa shape index (κ3) is 1.70. The molecule has 1 heterocycles. The Labute approximate surface area is 67.2 Å². The van der Waals surface area contributed by atoms with Gasteiger partial charge in [-0.1, -0.05) is 0 Å². The lowest BCUT2D eigenvalue weighted by Crippen LogP contribution is -2.64. The molecular formula is C7H16N2O2. The summed E-state index contributed by atoms with van der Waals surface area (Å²) in [7, 11) is 3.34. The van der Waals surface area contributed by atoms with Gasteiger partial charge in [-0.25, -0.2) is 0 Å². The summed E-state index contributed by atoms with van der Waals surface area (Å²) in [6, 6.07) is 0. The van der Waals surface area contributed by atoms with Crippen molar-refractivity contribution in [2.75, 3.05) is 40.4 Å². The molecule has 11 heavy (non-hydrogen) atoms. The van der Waals surface area contributed by atoms with Gasteiger partial charge in [0.05, 0.1) is 13.1 Å². The zero-order valence-corrected chi connectivity index (χ0v) is 7.17. The normalized spacial score (nSPS) is 23.2. The number of nitrogens with two attached hydrogens (primary N) is 1. The van der Waals surface area contributed by atoms with Crippen molar-refractivity contribution in [3.8, 4) is 0 Å². The van der Waals surface area contributed by atoms with Crippen molar-refractivity contribution in [3.05, 3.63) is 0 Å². The van der Waals surface area contributed by atoms with E-state index < -0.39 is 0 Å². The Bertz CT molecular complexity index is 118. The van der Waals surface area contributed by atoms with Crippen LogP contribution >= 0.6 is 0 Å². The number of hydrogen-bond donors (Lipinski definition) is 1.